The highest BCUT2D eigenvalue weighted by atomic mass is 35.5. The van der Waals surface area contributed by atoms with Crippen LogP contribution in [0.3, 0.4) is 0 Å². The van der Waals surface area contributed by atoms with Crippen molar-refractivity contribution in [3.05, 3.63) is 29.3 Å². The second-order valence-corrected chi connectivity index (χ2v) is 6.34. The highest BCUT2D eigenvalue weighted by Crippen LogP contribution is 2.33. The van der Waals surface area contributed by atoms with Crippen LogP contribution in [0, 0.1) is 11.3 Å². The fourth-order valence-corrected chi connectivity index (χ4v) is 3.36. The average Bonchev–Trinajstić information content (AvgIpc) is 2.89. The fourth-order valence-electron chi connectivity index (χ4n) is 2.07. The average molecular weight is 356 g/mol. The normalized spacial score (nSPS) is 18.5. The molecule has 0 saturated carbocycles. The standard InChI is InChI=1S/C12H12F3N3O2S.ClH/c13-12(14,15)11-5-10(2-1-8(11)6-16)21(19,20)18-9-3-4-17-7-9;/h1-2,5,9,17-18H,3-4,7H2;1H. The highest BCUT2D eigenvalue weighted by Gasteiger charge is 2.35. The number of nitriles is 1. The highest BCUT2D eigenvalue weighted by molar-refractivity contribution is 7.89. The summed E-state index contributed by atoms with van der Waals surface area (Å²) in [5.41, 5.74) is -1.86. The van der Waals surface area contributed by atoms with Crippen molar-refractivity contribution in [2.45, 2.75) is 23.5 Å². The molecular weight excluding hydrogens is 343 g/mol. The van der Waals surface area contributed by atoms with Crippen LogP contribution in [0.1, 0.15) is 17.5 Å². The molecule has 122 valence electrons. The number of sulfonamides is 1. The molecule has 0 spiro atoms. The number of alkyl halides is 3. The van der Waals surface area contributed by atoms with Crippen LogP contribution < -0.4 is 10.0 Å². The number of halogens is 4. The minimum absolute atomic E-state index is 0. The van der Waals surface area contributed by atoms with E-state index < -0.39 is 32.2 Å². The molecule has 1 aromatic carbocycles. The second-order valence-electron chi connectivity index (χ2n) is 4.63. The van der Waals surface area contributed by atoms with Crippen LogP contribution in [0.4, 0.5) is 13.2 Å². The monoisotopic (exact) mass is 355 g/mol. The Bertz CT molecular complexity index is 680. The summed E-state index contributed by atoms with van der Waals surface area (Å²) >= 11 is 0. The van der Waals surface area contributed by atoms with E-state index in [1.807, 2.05) is 0 Å². The van der Waals surface area contributed by atoms with Crippen molar-refractivity contribution in [1.82, 2.24) is 10.0 Å². The van der Waals surface area contributed by atoms with Gasteiger partial charge in [-0.1, -0.05) is 0 Å². The van der Waals surface area contributed by atoms with Crippen molar-refractivity contribution < 1.29 is 21.6 Å². The first kappa shape index (κ1) is 18.7. The van der Waals surface area contributed by atoms with Crippen LogP contribution >= 0.6 is 12.4 Å². The molecule has 1 heterocycles. The van der Waals surface area contributed by atoms with Gasteiger partial charge in [0.15, 0.2) is 0 Å². The minimum atomic E-state index is -4.79. The molecule has 1 unspecified atom stereocenters. The van der Waals surface area contributed by atoms with Gasteiger partial charge in [0.05, 0.1) is 22.1 Å². The molecule has 1 aromatic rings. The lowest BCUT2D eigenvalue weighted by Gasteiger charge is -2.14. The van der Waals surface area contributed by atoms with E-state index in [9.17, 15) is 21.6 Å². The first-order chi connectivity index (χ1) is 9.74. The number of nitrogens with zero attached hydrogens (tertiary/aromatic N) is 1. The molecule has 1 aliphatic heterocycles. The lowest BCUT2D eigenvalue weighted by Crippen LogP contribution is -2.36. The van der Waals surface area contributed by atoms with Crippen LogP contribution in [0.15, 0.2) is 23.1 Å². The predicted octanol–water partition coefficient (Wildman–Crippen LogP) is 1.64. The molecule has 0 amide bonds. The van der Waals surface area contributed by atoms with Gasteiger partial charge in [0, 0.05) is 12.6 Å². The van der Waals surface area contributed by atoms with Crippen LogP contribution in [-0.4, -0.2) is 27.5 Å². The maximum Gasteiger partial charge on any atom is 0.417 e. The zero-order valence-electron chi connectivity index (χ0n) is 11.1. The van der Waals surface area contributed by atoms with E-state index in [1.165, 1.54) is 6.07 Å². The van der Waals surface area contributed by atoms with Gasteiger partial charge in [0.25, 0.3) is 0 Å². The number of hydrogen-bond acceptors (Lipinski definition) is 4. The summed E-state index contributed by atoms with van der Waals surface area (Å²) in [5, 5.41) is 11.6. The van der Waals surface area contributed by atoms with Crippen molar-refractivity contribution in [3.63, 3.8) is 0 Å². The Labute approximate surface area is 132 Å². The van der Waals surface area contributed by atoms with E-state index in [0.29, 0.717) is 25.6 Å². The van der Waals surface area contributed by atoms with E-state index in [1.54, 1.807) is 0 Å². The largest absolute Gasteiger partial charge is 0.417 e. The van der Waals surface area contributed by atoms with Gasteiger partial charge in [0.2, 0.25) is 10.0 Å². The van der Waals surface area contributed by atoms with Gasteiger partial charge >= 0.3 is 6.18 Å². The number of nitrogens with one attached hydrogen (secondary N) is 2. The Kier molecular flexibility index (Phi) is 5.81. The Morgan fingerprint density at radius 1 is 1.36 bits per heavy atom. The Balaban J connectivity index is 0.00000242. The SMILES string of the molecule is Cl.N#Cc1ccc(S(=O)(=O)NC2CCNC2)cc1C(F)(F)F. The molecule has 0 radical (unpaired) electrons. The molecule has 1 aliphatic rings. The molecule has 10 heteroatoms. The Morgan fingerprint density at radius 2 is 2.05 bits per heavy atom. The Hall–Kier alpha value is -1.34. The molecule has 0 aromatic heterocycles. The molecule has 2 rings (SSSR count). The van der Waals surface area contributed by atoms with Crippen LogP contribution in [0.2, 0.25) is 0 Å². The summed E-state index contributed by atoms with van der Waals surface area (Å²) in [6.45, 7) is 1.08. The van der Waals surface area contributed by atoms with E-state index in [4.69, 9.17) is 5.26 Å². The van der Waals surface area contributed by atoms with Crippen LogP contribution in [0.25, 0.3) is 0 Å². The van der Waals surface area contributed by atoms with E-state index in [0.717, 1.165) is 12.1 Å². The Morgan fingerprint density at radius 3 is 2.55 bits per heavy atom. The third kappa shape index (κ3) is 4.10. The summed E-state index contributed by atoms with van der Waals surface area (Å²) in [7, 11) is -4.05. The lowest BCUT2D eigenvalue weighted by molar-refractivity contribution is -0.137. The van der Waals surface area contributed by atoms with Gasteiger partial charge in [-0.3, -0.25) is 0 Å². The summed E-state index contributed by atoms with van der Waals surface area (Å²) in [6.07, 6.45) is -4.22. The molecule has 22 heavy (non-hydrogen) atoms. The van der Waals surface area contributed by atoms with Crippen LogP contribution in [-0.2, 0) is 16.2 Å². The van der Waals surface area contributed by atoms with Crippen molar-refractivity contribution in [2.24, 2.45) is 0 Å². The lowest BCUT2D eigenvalue weighted by atomic mass is 10.1. The summed E-state index contributed by atoms with van der Waals surface area (Å²) in [6, 6.07) is 3.41. The minimum Gasteiger partial charge on any atom is -0.315 e. The molecule has 2 N–H and O–H groups in total. The first-order valence-corrected chi connectivity index (χ1v) is 7.57. The zero-order valence-corrected chi connectivity index (χ0v) is 12.8. The van der Waals surface area contributed by atoms with Gasteiger partial charge in [-0.15, -0.1) is 12.4 Å². The summed E-state index contributed by atoms with van der Waals surface area (Å²) in [5.74, 6) is 0. The number of rotatable bonds is 3. The van der Waals surface area contributed by atoms with Gasteiger partial charge < -0.3 is 5.32 Å². The van der Waals surface area contributed by atoms with Crippen molar-refractivity contribution in [2.75, 3.05) is 13.1 Å². The third-order valence-electron chi connectivity index (χ3n) is 3.11. The quantitative estimate of drug-likeness (QED) is 0.863. The zero-order chi connectivity index (χ0) is 15.7. The van der Waals surface area contributed by atoms with E-state index >= 15 is 0 Å². The fraction of sp³-hybridized carbons (Fsp3) is 0.417. The maximum atomic E-state index is 12.8. The molecule has 1 atom stereocenters. The number of hydrogen-bond donors (Lipinski definition) is 2. The van der Waals surface area contributed by atoms with E-state index in [-0.39, 0.29) is 18.4 Å². The smallest absolute Gasteiger partial charge is 0.315 e. The predicted molar refractivity (Wildman–Crippen MR) is 75.0 cm³/mol. The molecule has 1 fully saturated rings. The third-order valence-corrected chi connectivity index (χ3v) is 4.63. The van der Waals surface area contributed by atoms with Gasteiger partial charge in [0.1, 0.15) is 0 Å². The van der Waals surface area contributed by atoms with Crippen molar-refractivity contribution >= 4 is 22.4 Å². The van der Waals surface area contributed by atoms with Crippen molar-refractivity contribution in [1.29, 1.82) is 5.26 Å². The topological polar surface area (TPSA) is 82.0 Å². The second kappa shape index (κ2) is 6.83. The molecular formula is C12H13ClF3N3O2S. The molecule has 1 saturated heterocycles. The first-order valence-electron chi connectivity index (χ1n) is 6.08. The molecule has 5 nitrogen and oxygen atoms in total. The summed E-state index contributed by atoms with van der Waals surface area (Å²) in [4.78, 5) is -0.499. The number of benzene rings is 1. The van der Waals surface area contributed by atoms with Crippen LogP contribution in [0.5, 0.6) is 0 Å². The van der Waals surface area contributed by atoms with Crippen molar-refractivity contribution in [3.8, 4) is 6.07 Å². The van der Waals surface area contributed by atoms with Gasteiger partial charge in [-0.2, -0.15) is 18.4 Å². The molecule has 0 bridgehead atoms. The summed E-state index contributed by atoms with van der Waals surface area (Å²) < 4.78 is 65.0. The van der Waals surface area contributed by atoms with Gasteiger partial charge in [-0.25, -0.2) is 13.1 Å². The van der Waals surface area contributed by atoms with E-state index in [2.05, 4.69) is 10.0 Å². The van der Waals surface area contributed by atoms with Gasteiger partial charge in [-0.05, 0) is 31.2 Å². The molecule has 0 aliphatic carbocycles. The maximum absolute atomic E-state index is 12.8.